The molecular formula is C17H21N3O3S. The van der Waals surface area contributed by atoms with Crippen LogP contribution in [0.5, 0.6) is 0 Å². The monoisotopic (exact) mass is 347 g/mol. The van der Waals surface area contributed by atoms with E-state index in [2.05, 4.69) is 15.5 Å². The van der Waals surface area contributed by atoms with Crippen LogP contribution >= 0.6 is 11.8 Å². The molecule has 1 fully saturated rings. The topological polar surface area (TPSA) is 88.2 Å². The maximum Gasteiger partial charge on any atom is 0.251 e. The Bertz CT molecular complexity index is 679. The normalized spacial score (nSPS) is 20.8. The minimum atomic E-state index is -0.211. The molecule has 1 heterocycles. The molecule has 128 valence electrons. The molecule has 0 radical (unpaired) electrons. The number of aromatic nitrogens is 2. The van der Waals surface area contributed by atoms with Crippen LogP contribution in [0.15, 0.2) is 33.7 Å². The zero-order valence-corrected chi connectivity index (χ0v) is 14.4. The number of rotatable bonds is 5. The Morgan fingerprint density at radius 2 is 2.00 bits per heavy atom. The predicted molar refractivity (Wildman–Crippen MR) is 90.8 cm³/mol. The minimum absolute atomic E-state index is 0.0551. The van der Waals surface area contributed by atoms with E-state index in [1.807, 2.05) is 24.3 Å². The Hall–Kier alpha value is -1.86. The van der Waals surface area contributed by atoms with E-state index in [1.165, 1.54) is 0 Å². The van der Waals surface area contributed by atoms with E-state index in [-0.39, 0.29) is 18.1 Å². The lowest BCUT2D eigenvalue weighted by Gasteiger charge is -2.26. The van der Waals surface area contributed by atoms with Gasteiger partial charge in [-0.05, 0) is 56.9 Å². The zero-order chi connectivity index (χ0) is 16.9. The largest absolute Gasteiger partial charge is 0.393 e. The smallest absolute Gasteiger partial charge is 0.251 e. The molecule has 0 saturated heterocycles. The predicted octanol–water partition coefficient (Wildman–Crippen LogP) is 2.70. The number of aliphatic hydroxyl groups excluding tert-OH is 1. The molecule has 1 aromatic carbocycles. The van der Waals surface area contributed by atoms with Crippen molar-refractivity contribution in [2.24, 2.45) is 0 Å². The first-order chi connectivity index (χ1) is 11.6. The average Bonchev–Trinajstić information content (AvgIpc) is 3.01. The van der Waals surface area contributed by atoms with Gasteiger partial charge in [0.15, 0.2) is 5.82 Å². The first kappa shape index (κ1) is 17.0. The third-order valence-corrected chi connectivity index (χ3v) is 5.08. The van der Waals surface area contributed by atoms with E-state index < -0.39 is 0 Å². The fraction of sp³-hybridized carbons (Fsp3) is 0.471. The van der Waals surface area contributed by atoms with Gasteiger partial charge in [0.05, 0.1) is 11.9 Å². The second kappa shape index (κ2) is 7.81. The number of hydrogen-bond donors (Lipinski definition) is 2. The maximum absolute atomic E-state index is 12.3. The summed E-state index contributed by atoms with van der Waals surface area (Å²) in [6.45, 7) is 1.79. The van der Waals surface area contributed by atoms with Crippen molar-refractivity contribution in [2.75, 3.05) is 0 Å². The molecule has 1 saturated carbocycles. The van der Waals surface area contributed by atoms with Gasteiger partial charge >= 0.3 is 0 Å². The van der Waals surface area contributed by atoms with Crippen molar-refractivity contribution in [3.63, 3.8) is 0 Å². The van der Waals surface area contributed by atoms with Gasteiger partial charge in [0.1, 0.15) is 0 Å². The Kier molecular flexibility index (Phi) is 5.52. The molecule has 2 aromatic rings. The molecule has 1 aromatic heterocycles. The fourth-order valence-electron chi connectivity index (χ4n) is 2.74. The van der Waals surface area contributed by atoms with Crippen molar-refractivity contribution in [1.29, 1.82) is 0 Å². The Balaban J connectivity index is 1.51. The van der Waals surface area contributed by atoms with Gasteiger partial charge in [-0.1, -0.05) is 5.16 Å². The van der Waals surface area contributed by atoms with Crippen LogP contribution in [-0.4, -0.2) is 33.3 Å². The lowest BCUT2D eigenvalue weighted by molar-refractivity contribution is 0.0867. The second-order valence-corrected chi connectivity index (χ2v) is 7.08. The number of aryl methyl sites for hydroxylation is 1. The van der Waals surface area contributed by atoms with Crippen LogP contribution in [0.4, 0.5) is 0 Å². The molecule has 1 aliphatic carbocycles. The molecule has 2 N–H and O–H groups in total. The summed E-state index contributed by atoms with van der Waals surface area (Å²) in [5, 5.41) is 16.3. The first-order valence-electron chi connectivity index (χ1n) is 8.11. The quantitative estimate of drug-likeness (QED) is 0.809. The van der Waals surface area contributed by atoms with Crippen LogP contribution in [0.1, 0.15) is 47.8 Å². The summed E-state index contributed by atoms with van der Waals surface area (Å²) in [7, 11) is 0. The molecule has 1 amide bonds. The van der Waals surface area contributed by atoms with Gasteiger partial charge in [-0.2, -0.15) is 4.98 Å². The first-order valence-corrected chi connectivity index (χ1v) is 9.09. The van der Waals surface area contributed by atoms with E-state index in [1.54, 1.807) is 18.7 Å². The summed E-state index contributed by atoms with van der Waals surface area (Å²) < 4.78 is 5.08. The molecule has 0 bridgehead atoms. The molecule has 3 rings (SSSR count). The third kappa shape index (κ3) is 4.58. The number of aliphatic hydroxyl groups is 1. The van der Waals surface area contributed by atoms with Crippen LogP contribution in [0, 0.1) is 6.92 Å². The summed E-state index contributed by atoms with van der Waals surface area (Å²) in [4.78, 5) is 17.5. The Morgan fingerprint density at radius 1 is 1.29 bits per heavy atom. The van der Waals surface area contributed by atoms with E-state index >= 15 is 0 Å². The average molecular weight is 347 g/mol. The number of thioether (sulfide) groups is 1. The van der Waals surface area contributed by atoms with E-state index in [0.717, 1.165) is 30.6 Å². The zero-order valence-electron chi connectivity index (χ0n) is 13.6. The summed E-state index contributed by atoms with van der Waals surface area (Å²) in [6, 6.07) is 7.67. The molecular weight excluding hydrogens is 326 g/mol. The van der Waals surface area contributed by atoms with Crippen molar-refractivity contribution >= 4 is 17.7 Å². The number of carbonyl (C=O) groups excluding carboxylic acids is 1. The van der Waals surface area contributed by atoms with Crippen LogP contribution in [0.2, 0.25) is 0 Å². The summed E-state index contributed by atoms with van der Waals surface area (Å²) >= 11 is 1.59. The molecule has 0 atom stereocenters. The van der Waals surface area contributed by atoms with Crippen LogP contribution in [0.3, 0.4) is 0 Å². The van der Waals surface area contributed by atoms with Crippen LogP contribution in [0.25, 0.3) is 0 Å². The maximum atomic E-state index is 12.3. The van der Waals surface area contributed by atoms with Gasteiger partial charge in [-0.25, -0.2) is 0 Å². The molecule has 1 aliphatic rings. The summed E-state index contributed by atoms with van der Waals surface area (Å²) in [5.74, 6) is 1.78. The van der Waals surface area contributed by atoms with Crippen molar-refractivity contribution < 1.29 is 14.4 Å². The number of carbonyl (C=O) groups is 1. The van der Waals surface area contributed by atoms with E-state index in [0.29, 0.717) is 23.0 Å². The lowest BCUT2D eigenvalue weighted by atomic mass is 9.93. The molecule has 6 nitrogen and oxygen atoms in total. The number of amides is 1. The fourth-order valence-corrected chi connectivity index (χ4v) is 3.47. The van der Waals surface area contributed by atoms with Crippen molar-refractivity contribution in [3.05, 3.63) is 41.5 Å². The molecule has 0 unspecified atom stereocenters. The number of nitrogens with zero attached hydrogens (tertiary/aromatic N) is 2. The van der Waals surface area contributed by atoms with Gasteiger partial charge < -0.3 is 14.9 Å². The highest BCUT2D eigenvalue weighted by Crippen LogP contribution is 2.23. The van der Waals surface area contributed by atoms with E-state index in [9.17, 15) is 9.90 Å². The Labute approximate surface area is 145 Å². The van der Waals surface area contributed by atoms with Gasteiger partial charge in [0.25, 0.3) is 5.91 Å². The molecule has 0 aliphatic heterocycles. The summed E-state index contributed by atoms with van der Waals surface area (Å²) in [5.41, 5.74) is 0.652. The standard InChI is InChI=1S/C17H21N3O3S/c1-11-18-16(23-20-11)10-24-15-8-2-12(3-9-15)17(22)19-13-4-6-14(21)7-5-13/h2-3,8-9,13-14,21H,4-7,10H2,1H3,(H,19,22). The SMILES string of the molecule is Cc1noc(CSc2ccc(C(=O)NC3CCC(O)CC3)cc2)n1. The van der Waals surface area contributed by atoms with E-state index in [4.69, 9.17) is 4.52 Å². The van der Waals surface area contributed by atoms with Gasteiger partial charge in [-0.3, -0.25) is 4.79 Å². The Morgan fingerprint density at radius 3 is 2.62 bits per heavy atom. The molecule has 0 spiro atoms. The lowest BCUT2D eigenvalue weighted by Crippen LogP contribution is -2.38. The summed E-state index contributed by atoms with van der Waals surface area (Å²) in [6.07, 6.45) is 2.98. The number of nitrogens with one attached hydrogen (secondary N) is 1. The highest BCUT2D eigenvalue weighted by molar-refractivity contribution is 7.98. The highest BCUT2D eigenvalue weighted by Gasteiger charge is 2.21. The van der Waals surface area contributed by atoms with Gasteiger partial charge in [0.2, 0.25) is 5.89 Å². The van der Waals surface area contributed by atoms with Crippen molar-refractivity contribution in [1.82, 2.24) is 15.5 Å². The van der Waals surface area contributed by atoms with Crippen LogP contribution in [-0.2, 0) is 5.75 Å². The van der Waals surface area contributed by atoms with Crippen LogP contribution < -0.4 is 5.32 Å². The number of benzene rings is 1. The van der Waals surface area contributed by atoms with Gasteiger partial charge in [0, 0.05) is 16.5 Å². The third-order valence-electron chi connectivity index (χ3n) is 4.08. The molecule has 7 heteroatoms. The molecule has 24 heavy (non-hydrogen) atoms. The van der Waals surface area contributed by atoms with Crippen molar-refractivity contribution in [2.45, 2.75) is 55.4 Å². The van der Waals surface area contributed by atoms with Gasteiger partial charge in [-0.15, -0.1) is 11.8 Å². The number of hydrogen-bond acceptors (Lipinski definition) is 6. The minimum Gasteiger partial charge on any atom is -0.393 e. The van der Waals surface area contributed by atoms with Crippen molar-refractivity contribution in [3.8, 4) is 0 Å². The highest BCUT2D eigenvalue weighted by atomic mass is 32.2. The second-order valence-electron chi connectivity index (χ2n) is 6.03.